The second kappa shape index (κ2) is 7.12. The fourth-order valence-corrected chi connectivity index (χ4v) is 3.52. The lowest BCUT2D eigenvalue weighted by Crippen LogP contribution is -2.10. The van der Waals surface area contributed by atoms with Crippen LogP contribution in [0.4, 0.5) is 17.1 Å². The summed E-state index contributed by atoms with van der Waals surface area (Å²) < 4.78 is 0. The van der Waals surface area contributed by atoms with Crippen molar-refractivity contribution in [2.24, 2.45) is 0 Å². The first-order valence-corrected chi connectivity index (χ1v) is 9.47. The van der Waals surface area contributed by atoms with Gasteiger partial charge in [-0.2, -0.15) is 0 Å². The van der Waals surface area contributed by atoms with Gasteiger partial charge in [-0.1, -0.05) is 82.7 Å². The van der Waals surface area contributed by atoms with Crippen LogP contribution in [0, 0.1) is 0 Å². The molecule has 122 valence electrons. The Hall–Kier alpha value is -2.58. The largest absolute Gasteiger partial charge is 0.310 e. The summed E-state index contributed by atoms with van der Waals surface area (Å²) in [5.74, 6) is 0. The lowest BCUT2D eigenvalue weighted by Gasteiger charge is -2.27. The van der Waals surface area contributed by atoms with Gasteiger partial charge in [0.15, 0.2) is 0 Å². The first-order valence-electron chi connectivity index (χ1n) is 8.35. The van der Waals surface area contributed by atoms with Crippen LogP contribution >= 0.6 is 15.9 Å². The molecule has 4 aromatic carbocycles. The third-order valence-corrected chi connectivity index (χ3v) is 5.02. The summed E-state index contributed by atoms with van der Waals surface area (Å²) in [5.41, 5.74) is 4.78. The average Bonchev–Trinajstić information content (AvgIpc) is 2.70. The van der Waals surface area contributed by atoms with Crippen LogP contribution in [0.2, 0.25) is 0 Å². The Morgan fingerprint density at radius 3 is 2.00 bits per heavy atom. The number of hydrogen-bond donors (Lipinski definition) is 0. The normalized spacial score (nSPS) is 10.8. The number of hydrogen-bond acceptors (Lipinski definition) is 1. The number of alkyl halides is 1. The Balaban J connectivity index is 1.93. The third-order valence-electron chi connectivity index (χ3n) is 4.37. The first-order chi connectivity index (χ1) is 12.4. The van der Waals surface area contributed by atoms with E-state index in [9.17, 15) is 0 Å². The topological polar surface area (TPSA) is 3.24 Å². The van der Waals surface area contributed by atoms with Crippen molar-refractivity contribution in [3.8, 4) is 0 Å². The highest BCUT2D eigenvalue weighted by molar-refractivity contribution is 9.08. The Labute approximate surface area is 156 Å². The average molecular weight is 388 g/mol. The number of anilines is 3. The van der Waals surface area contributed by atoms with E-state index in [-0.39, 0.29) is 0 Å². The van der Waals surface area contributed by atoms with E-state index in [2.05, 4.69) is 118 Å². The molecule has 0 saturated carbocycles. The summed E-state index contributed by atoms with van der Waals surface area (Å²) in [7, 11) is 0. The van der Waals surface area contributed by atoms with Crippen LogP contribution in [0.3, 0.4) is 0 Å². The van der Waals surface area contributed by atoms with Gasteiger partial charge >= 0.3 is 0 Å². The molecule has 0 amide bonds. The summed E-state index contributed by atoms with van der Waals surface area (Å²) >= 11 is 3.53. The van der Waals surface area contributed by atoms with Crippen molar-refractivity contribution in [2.75, 3.05) is 4.90 Å². The highest BCUT2D eigenvalue weighted by Crippen LogP contribution is 2.38. The quantitative estimate of drug-likeness (QED) is 0.334. The van der Waals surface area contributed by atoms with Crippen LogP contribution in [-0.4, -0.2) is 0 Å². The van der Waals surface area contributed by atoms with Gasteiger partial charge in [-0.05, 0) is 41.3 Å². The van der Waals surface area contributed by atoms with Crippen molar-refractivity contribution in [3.05, 3.63) is 103 Å². The molecular formula is C23H18BrN. The Bertz CT molecular complexity index is 972. The molecule has 0 spiro atoms. The van der Waals surface area contributed by atoms with Gasteiger partial charge in [0.2, 0.25) is 0 Å². The predicted octanol–water partition coefficient (Wildman–Crippen LogP) is 7.20. The van der Waals surface area contributed by atoms with Crippen molar-refractivity contribution < 1.29 is 0 Å². The first kappa shape index (κ1) is 15.9. The molecule has 0 N–H and O–H groups in total. The fraction of sp³-hybridized carbons (Fsp3) is 0.0435. The van der Waals surface area contributed by atoms with Crippen LogP contribution in [0.1, 0.15) is 5.56 Å². The van der Waals surface area contributed by atoms with Gasteiger partial charge in [-0.25, -0.2) is 0 Å². The van der Waals surface area contributed by atoms with Crippen molar-refractivity contribution in [1.82, 2.24) is 0 Å². The molecule has 0 aliphatic carbocycles. The van der Waals surface area contributed by atoms with Crippen LogP contribution < -0.4 is 4.90 Å². The van der Waals surface area contributed by atoms with Gasteiger partial charge in [0.25, 0.3) is 0 Å². The van der Waals surface area contributed by atoms with E-state index in [0.717, 1.165) is 16.7 Å². The number of nitrogens with zero attached hydrogens (tertiary/aromatic N) is 1. The SMILES string of the molecule is BrCc1ccc(N(c2ccccc2)c2cccc3ccccc23)cc1. The van der Waals surface area contributed by atoms with Crippen molar-refractivity contribution >= 4 is 43.8 Å². The third kappa shape index (κ3) is 3.18. The summed E-state index contributed by atoms with van der Waals surface area (Å²) in [5, 5.41) is 3.36. The van der Waals surface area contributed by atoms with E-state index in [1.807, 2.05) is 0 Å². The molecule has 4 rings (SSSR count). The van der Waals surface area contributed by atoms with E-state index in [4.69, 9.17) is 0 Å². The molecule has 0 aliphatic rings. The monoisotopic (exact) mass is 387 g/mol. The molecule has 2 heteroatoms. The number of para-hydroxylation sites is 1. The summed E-state index contributed by atoms with van der Waals surface area (Å²) in [6.07, 6.45) is 0. The zero-order valence-electron chi connectivity index (χ0n) is 13.8. The van der Waals surface area contributed by atoms with Crippen LogP contribution in [-0.2, 0) is 5.33 Å². The number of benzene rings is 4. The Morgan fingerprint density at radius 1 is 0.600 bits per heavy atom. The van der Waals surface area contributed by atoms with Crippen molar-refractivity contribution in [1.29, 1.82) is 0 Å². The maximum atomic E-state index is 3.53. The van der Waals surface area contributed by atoms with E-state index < -0.39 is 0 Å². The highest BCUT2D eigenvalue weighted by Gasteiger charge is 2.14. The molecule has 1 nitrogen and oxygen atoms in total. The number of fused-ring (bicyclic) bond motifs is 1. The molecule has 0 fully saturated rings. The van der Waals surface area contributed by atoms with Gasteiger partial charge in [-0.3, -0.25) is 0 Å². The molecule has 0 saturated heterocycles. The lowest BCUT2D eigenvalue weighted by molar-refractivity contribution is 1.28. The molecule has 0 unspecified atom stereocenters. The van der Waals surface area contributed by atoms with Gasteiger partial charge in [0.1, 0.15) is 0 Å². The maximum Gasteiger partial charge on any atom is 0.0540 e. The van der Waals surface area contributed by atoms with Crippen molar-refractivity contribution in [2.45, 2.75) is 5.33 Å². The molecule has 0 aromatic heterocycles. The minimum Gasteiger partial charge on any atom is -0.310 e. The minimum atomic E-state index is 0.868. The van der Waals surface area contributed by atoms with E-state index >= 15 is 0 Å². The minimum absolute atomic E-state index is 0.868. The Morgan fingerprint density at radius 2 is 1.24 bits per heavy atom. The van der Waals surface area contributed by atoms with E-state index in [1.54, 1.807) is 0 Å². The zero-order valence-corrected chi connectivity index (χ0v) is 15.4. The molecule has 0 aliphatic heterocycles. The Kier molecular flexibility index (Phi) is 4.53. The number of halogens is 1. The van der Waals surface area contributed by atoms with Gasteiger partial charge < -0.3 is 4.90 Å². The summed E-state index contributed by atoms with van der Waals surface area (Å²) in [4.78, 5) is 2.32. The molecule has 25 heavy (non-hydrogen) atoms. The lowest BCUT2D eigenvalue weighted by atomic mass is 10.1. The maximum absolute atomic E-state index is 3.53. The molecule has 0 atom stereocenters. The van der Waals surface area contributed by atoms with Crippen molar-refractivity contribution in [3.63, 3.8) is 0 Å². The molecule has 0 bridgehead atoms. The van der Waals surface area contributed by atoms with Gasteiger partial charge in [0.05, 0.1) is 5.69 Å². The summed E-state index contributed by atoms with van der Waals surface area (Å²) in [6, 6.07) is 34.3. The van der Waals surface area contributed by atoms with Crippen LogP contribution in [0.5, 0.6) is 0 Å². The highest BCUT2D eigenvalue weighted by atomic mass is 79.9. The summed E-state index contributed by atoms with van der Waals surface area (Å²) in [6.45, 7) is 0. The second-order valence-electron chi connectivity index (χ2n) is 5.97. The predicted molar refractivity (Wildman–Crippen MR) is 111 cm³/mol. The molecule has 4 aromatic rings. The van der Waals surface area contributed by atoms with Crippen LogP contribution in [0.25, 0.3) is 10.8 Å². The van der Waals surface area contributed by atoms with Gasteiger partial charge in [-0.15, -0.1) is 0 Å². The zero-order chi connectivity index (χ0) is 17.1. The van der Waals surface area contributed by atoms with Gasteiger partial charge in [0, 0.05) is 22.1 Å². The smallest absolute Gasteiger partial charge is 0.0540 e. The number of rotatable bonds is 4. The van der Waals surface area contributed by atoms with E-state index in [0.29, 0.717) is 0 Å². The molecular weight excluding hydrogens is 370 g/mol. The fourth-order valence-electron chi connectivity index (χ4n) is 3.14. The standard InChI is InChI=1S/C23H18BrN/c24-17-18-13-15-21(16-14-18)25(20-9-2-1-3-10-20)23-12-6-8-19-7-4-5-11-22(19)23/h1-16H,17H2. The molecule has 0 radical (unpaired) electrons. The molecule has 0 heterocycles. The second-order valence-corrected chi connectivity index (χ2v) is 6.53. The van der Waals surface area contributed by atoms with Crippen LogP contribution in [0.15, 0.2) is 97.1 Å². The van der Waals surface area contributed by atoms with E-state index in [1.165, 1.54) is 22.0 Å².